The minimum Gasteiger partial charge on any atom is -0.507 e. The van der Waals surface area contributed by atoms with E-state index < -0.39 is 17.6 Å². The second-order valence-corrected chi connectivity index (χ2v) is 6.97. The van der Waals surface area contributed by atoms with Crippen molar-refractivity contribution in [2.24, 2.45) is 0 Å². The molecule has 0 saturated carbocycles. The molecule has 2 N–H and O–H groups in total. The SMILES string of the molecule is O=C(Nc1nnc(-c2cc(-c3ccsc3)ccc2O)o1)c1cccc(C(F)(F)F)c1. The molecule has 4 aromatic rings. The summed E-state index contributed by atoms with van der Waals surface area (Å²) in [6.07, 6.45) is -4.57. The summed E-state index contributed by atoms with van der Waals surface area (Å²) in [6, 6.07) is 10.4. The van der Waals surface area contributed by atoms with E-state index in [1.165, 1.54) is 23.5 Å². The van der Waals surface area contributed by atoms with Crippen LogP contribution < -0.4 is 5.32 Å². The zero-order valence-corrected chi connectivity index (χ0v) is 15.8. The molecule has 0 unspecified atom stereocenters. The number of aromatic hydroxyl groups is 1. The zero-order chi connectivity index (χ0) is 21.3. The van der Waals surface area contributed by atoms with E-state index in [4.69, 9.17) is 4.42 Å². The first-order valence-corrected chi connectivity index (χ1v) is 9.43. The number of anilines is 1. The lowest BCUT2D eigenvalue weighted by Crippen LogP contribution is -2.14. The molecule has 0 bridgehead atoms. The van der Waals surface area contributed by atoms with E-state index in [-0.39, 0.29) is 28.8 Å². The number of aromatic nitrogens is 2. The standard InChI is InChI=1S/C20H12F3N3O3S/c21-20(22,23)14-3-1-2-12(8-14)17(28)24-19-26-25-18(29-19)15-9-11(4-5-16(15)27)13-6-7-30-10-13/h1-10,27H,(H,24,26,28). The summed E-state index contributed by atoms with van der Waals surface area (Å²) in [5, 5.41) is 23.7. The van der Waals surface area contributed by atoms with E-state index >= 15 is 0 Å². The highest BCUT2D eigenvalue weighted by Gasteiger charge is 2.31. The Morgan fingerprint density at radius 2 is 1.90 bits per heavy atom. The number of nitrogens with zero attached hydrogens (tertiary/aromatic N) is 2. The number of carbonyl (C=O) groups excluding carboxylic acids is 1. The van der Waals surface area contributed by atoms with Gasteiger partial charge in [0.25, 0.3) is 11.8 Å². The molecule has 4 rings (SSSR count). The minimum absolute atomic E-state index is 0.0519. The average molecular weight is 431 g/mol. The van der Waals surface area contributed by atoms with Gasteiger partial charge in [-0.05, 0) is 58.3 Å². The summed E-state index contributed by atoms with van der Waals surface area (Å²) >= 11 is 1.52. The molecule has 30 heavy (non-hydrogen) atoms. The van der Waals surface area contributed by atoms with Crippen LogP contribution in [0.4, 0.5) is 19.2 Å². The molecule has 0 saturated heterocycles. The van der Waals surface area contributed by atoms with E-state index in [1.807, 2.05) is 16.8 Å². The number of benzene rings is 2. The van der Waals surface area contributed by atoms with E-state index in [2.05, 4.69) is 15.5 Å². The van der Waals surface area contributed by atoms with Crippen LogP contribution in [0.5, 0.6) is 5.75 Å². The fraction of sp³-hybridized carbons (Fsp3) is 0.0500. The molecular formula is C20H12F3N3O3S. The number of phenols is 1. The van der Waals surface area contributed by atoms with E-state index in [9.17, 15) is 23.1 Å². The molecule has 0 aliphatic rings. The normalized spacial score (nSPS) is 11.4. The summed E-state index contributed by atoms with van der Waals surface area (Å²) in [5.41, 5.74) is 0.852. The molecule has 0 aliphatic carbocycles. The second-order valence-electron chi connectivity index (χ2n) is 6.19. The van der Waals surface area contributed by atoms with Gasteiger partial charge in [-0.1, -0.05) is 17.2 Å². The Morgan fingerprint density at radius 1 is 1.07 bits per heavy atom. The van der Waals surface area contributed by atoms with Gasteiger partial charge >= 0.3 is 12.2 Å². The molecular weight excluding hydrogens is 419 g/mol. The second kappa shape index (κ2) is 7.64. The number of nitrogens with one attached hydrogen (secondary N) is 1. The van der Waals surface area contributed by atoms with Crippen molar-refractivity contribution in [1.82, 2.24) is 10.2 Å². The monoisotopic (exact) mass is 431 g/mol. The number of hydrogen-bond acceptors (Lipinski definition) is 6. The fourth-order valence-electron chi connectivity index (χ4n) is 2.70. The Hall–Kier alpha value is -3.66. The predicted molar refractivity (Wildman–Crippen MR) is 104 cm³/mol. The zero-order valence-electron chi connectivity index (χ0n) is 15.0. The van der Waals surface area contributed by atoms with Crippen LogP contribution in [-0.2, 0) is 6.18 Å². The molecule has 2 heterocycles. The highest BCUT2D eigenvalue weighted by atomic mass is 32.1. The number of halogens is 3. The smallest absolute Gasteiger partial charge is 0.416 e. The van der Waals surface area contributed by atoms with Crippen LogP contribution >= 0.6 is 11.3 Å². The number of amides is 1. The first kappa shape index (κ1) is 19.6. The van der Waals surface area contributed by atoms with Crippen LogP contribution in [0.1, 0.15) is 15.9 Å². The third kappa shape index (κ3) is 4.03. The van der Waals surface area contributed by atoms with Crippen molar-refractivity contribution in [2.75, 3.05) is 5.32 Å². The highest BCUT2D eigenvalue weighted by molar-refractivity contribution is 7.08. The van der Waals surface area contributed by atoms with Crippen molar-refractivity contribution in [2.45, 2.75) is 6.18 Å². The molecule has 0 spiro atoms. The third-order valence-electron chi connectivity index (χ3n) is 4.18. The van der Waals surface area contributed by atoms with Crippen LogP contribution in [-0.4, -0.2) is 21.2 Å². The lowest BCUT2D eigenvalue weighted by Gasteiger charge is -2.08. The largest absolute Gasteiger partial charge is 0.507 e. The average Bonchev–Trinajstić information content (AvgIpc) is 3.40. The molecule has 1 amide bonds. The van der Waals surface area contributed by atoms with Crippen molar-refractivity contribution in [1.29, 1.82) is 0 Å². The maximum Gasteiger partial charge on any atom is 0.416 e. The number of alkyl halides is 3. The van der Waals surface area contributed by atoms with Crippen LogP contribution in [0.3, 0.4) is 0 Å². The molecule has 0 aliphatic heterocycles. The van der Waals surface area contributed by atoms with E-state index in [0.717, 1.165) is 29.3 Å². The van der Waals surface area contributed by atoms with Gasteiger partial charge in [0.15, 0.2) is 0 Å². The molecule has 2 aromatic carbocycles. The Balaban J connectivity index is 1.57. The predicted octanol–water partition coefficient (Wildman–Crippen LogP) is 5.44. The van der Waals surface area contributed by atoms with Crippen LogP contribution in [0.2, 0.25) is 0 Å². The summed E-state index contributed by atoms with van der Waals surface area (Å²) in [5.74, 6) is -0.996. The van der Waals surface area contributed by atoms with Gasteiger partial charge in [-0.15, -0.1) is 5.10 Å². The Morgan fingerprint density at radius 3 is 2.63 bits per heavy atom. The Kier molecular flexibility index (Phi) is 5.00. The molecule has 0 radical (unpaired) electrons. The topological polar surface area (TPSA) is 88.2 Å². The minimum atomic E-state index is -4.57. The first-order chi connectivity index (χ1) is 14.3. The van der Waals surface area contributed by atoms with Gasteiger partial charge in [0.1, 0.15) is 5.75 Å². The molecule has 0 atom stereocenters. The Bertz CT molecular complexity index is 1200. The number of rotatable bonds is 4. The molecule has 10 heteroatoms. The van der Waals surface area contributed by atoms with Gasteiger partial charge < -0.3 is 9.52 Å². The summed E-state index contributed by atoms with van der Waals surface area (Å²) in [6.45, 7) is 0. The van der Waals surface area contributed by atoms with Gasteiger partial charge in [-0.25, -0.2) is 0 Å². The number of hydrogen-bond donors (Lipinski definition) is 2. The van der Waals surface area contributed by atoms with Crippen LogP contribution in [0.15, 0.2) is 63.7 Å². The first-order valence-electron chi connectivity index (χ1n) is 8.49. The van der Waals surface area contributed by atoms with Gasteiger partial charge in [0.2, 0.25) is 0 Å². The van der Waals surface area contributed by atoms with Crippen molar-refractivity contribution in [3.05, 3.63) is 70.4 Å². The summed E-state index contributed by atoms with van der Waals surface area (Å²) in [4.78, 5) is 12.3. The maximum atomic E-state index is 12.8. The van der Waals surface area contributed by atoms with Gasteiger partial charge in [0, 0.05) is 5.56 Å². The fourth-order valence-corrected chi connectivity index (χ4v) is 3.37. The third-order valence-corrected chi connectivity index (χ3v) is 4.86. The van der Waals surface area contributed by atoms with E-state index in [1.54, 1.807) is 12.1 Å². The van der Waals surface area contributed by atoms with Crippen LogP contribution in [0, 0.1) is 0 Å². The lowest BCUT2D eigenvalue weighted by molar-refractivity contribution is -0.137. The number of phenolic OH excluding ortho intramolecular Hbond substituents is 1. The molecule has 2 aromatic heterocycles. The van der Waals surface area contributed by atoms with Crippen molar-refractivity contribution < 1.29 is 27.5 Å². The highest BCUT2D eigenvalue weighted by Crippen LogP contribution is 2.34. The Labute approximate surface area is 171 Å². The summed E-state index contributed by atoms with van der Waals surface area (Å²) in [7, 11) is 0. The maximum absolute atomic E-state index is 12.8. The number of carbonyl (C=O) groups is 1. The van der Waals surface area contributed by atoms with Crippen molar-refractivity contribution in [3.8, 4) is 28.3 Å². The van der Waals surface area contributed by atoms with Crippen molar-refractivity contribution >= 4 is 23.3 Å². The van der Waals surface area contributed by atoms with Gasteiger partial charge in [0.05, 0.1) is 11.1 Å². The molecule has 6 nitrogen and oxygen atoms in total. The molecule has 152 valence electrons. The van der Waals surface area contributed by atoms with Gasteiger partial charge in [-0.2, -0.15) is 24.5 Å². The van der Waals surface area contributed by atoms with Crippen LogP contribution in [0.25, 0.3) is 22.6 Å². The molecule has 0 fully saturated rings. The van der Waals surface area contributed by atoms with E-state index in [0.29, 0.717) is 0 Å². The van der Waals surface area contributed by atoms with Gasteiger partial charge in [-0.3, -0.25) is 10.1 Å². The quantitative estimate of drug-likeness (QED) is 0.449. The summed E-state index contributed by atoms with van der Waals surface area (Å²) < 4.78 is 43.9. The number of thiophene rings is 1. The van der Waals surface area contributed by atoms with Crippen molar-refractivity contribution in [3.63, 3.8) is 0 Å². The lowest BCUT2D eigenvalue weighted by atomic mass is 10.1.